The largest absolute Gasteiger partial charge is 0.480 e. The van der Waals surface area contributed by atoms with Crippen molar-refractivity contribution < 1.29 is 9.90 Å². The standard InChI is InChI=1S/C13H25NO2/c1-6-7-9(11(15)16)14-8-10-12(2,3)13(10,4)5/h9-10,14H,6-8H2,1-5H3,(H,15,16). The maximum atomic E-state index is 11.0. The normalized spacial score (nSPS) is 24.1. The predicted molar refractivity (Wildman–Crippen MR) is 65.4 cm³/mol. The van der Waals surface area contributed by atoms with Crippen molar-refractivity contribution >= 4 is 5.97 Å². The summed E-state index contributed by atoms with van der Waals surface area (Å²) in [6.45, 7) is 11.9. The molecular formula is C13H25NO2. The molecule has 1 fully saturated rings. The molecule has 1 saturated carbocycles. The molecule has 1 rings (SSSR count). The summed E-state index contributed by atoms with van der Waals surface area (Å²) in [6, 6.07) is -0.378. The van der Waals surface area contributed by atoms with E-state index in [1.807, 2.05) is 6.92 Å². The Kier molecular flexibility index (Phi) is 3.68. The van der Waals surface area contributed by atoms with Gasteiger partial charge >= 0.3 is 5.97 Å². The van der Waals surface area contributed by atoms with Gasteiger partial charge in [-0.05, 0) is 29.7 Å². The van der Waals surface area contributed by atoms with Gasteiger partial charge in [0.2, 0.25) is 0 Å². The van der Waals surface area contributed by atoms with Crippen LogP contribution in [0, 0.1) is 16.7 Å². The molecule has 0 saturated heterocycles. The van der Waals surface area contributed by atoms with E-state index in [9.17, 15) is 4.79 Å². The van der Waals surface area contributed by atoms with E-state index >= 15 is 0 Å². The van der Waals surface area contributed by atoms with Crippen LogP contribution >= 0.6 is 0 Å². The van der Waals surface area contributed by atoms with Gasteiger partial charge in [-0.3, -0.25) is 4.79 Å². The van der Waals surface area contributed by atoms with E-state index in [0.29, 0.717) is 23.2 Å². The van der Waals surface area contributed by atoms with Gasteiger partial charge in [-0.25, -0.2) is 0 Å². The smallest absolute Gasteiger partial charge is 0.320 e. The highest BCUT2D eigenvalue weighted by molar-refractivity contribution is 5.73. The minimum Gasteiger partial charge on any atom is -0.480 e. The first-order valence-electron chi connectivity index (χ1n) is 6.21. The third-order valence-corrected chi connectivity index (χ3v) is 4.76. The van der Waals surface area contributed by atoms with Crippen molar-refractivity contribution in [2.45, 2.75) is 53.5 Å². The average molecular weight is 227 g/mol. The van der Waals surface area contributed by atoms with Gasteiger partial charge in [0.1, 0.15) is 6.04 Å². The number of rotatable bonds is 6. The first-order chi connectivity index (χ1) is 7.25. The Morgan fingerprint density at radius 1 is 1.31 bits per heavy atom. The zero-order chi connectivity index (χ0) is 12.6. The number of hydrogen-bond acceptors (Lipinski definition) is 2. The van der Waals surface area contributed by atoms with Crippen LogP contribution in [0.5, 0.6) is 0 Å². The van der Waals surface area contributed by atoms with E-state index in [2.05, 4.69) is 33.0 Å². The SMILES string of the molecule is CCCC(NCC1C(C)(C)C1(C)C)C(=O)O. The molecule has 0 aromatic rings. The Balaban J connectivity index is 2.43. The van der Waals surface area contributed by atoms with Gasteiger partial charge in [0.25, 0.3) is 0 Å². The molecule has 0 aliphatic heterocycles. The molecule has 3 heteroatoms. The number of carboxylic acid groups (broad SMARTS) is 1. The van der Waals surface area contributed by atoms with Crippen LogP contribution < -0.4 is 5.32 Å². The Labute approximate surface area is 98.6 Å². The van der Waals surface area contributed by atoms with Crippen LogP contribution in [-0.2, 0) is 4.79 Å². The first-order valence-corrected chi connectivity index (χ1v) is 6.21. The van der Waals surface area contributed by atoms with E-state index in [1.165, 1.54) is 0 Å². The topological polar surface area (TPSA) is 49.3 Å². The van der Waals surface area contributed by atoms with Crippen LogP contribution in [0.15, 0.2) is 0 Å². The molecule has 0 aromatic carbocycles. The maximum Gasteiger partial charge on any atom is 0.320 e. The molecule has 1 unspecified atom stereocenters. The van der Waals surface area contributed by atoms with Crippen molar-refractivity contribution in [3.8, 4) is 0 Å². The molecule has 1 aliphatic carbocycles. The minimum atomic E-state index is -0.724. The lowest BCUT2D eigenvalue weighted by Crippen LogP contribution is -2.38. The second kappa shape index (κ2) is 4.36. The summed E-state index contributed by atoms with van der Waals surface area (Å²) in [6.07, 6.45) is 1.62. The number of nitrogens with one attached hydrogen (secondary N) is 1. The van der Waals surface area contributed by atoms with Gasteiger partial charge in [-0.1, -0.05) is 41.0 Å². The van der Waals surface area contributed by atoms with E-state index in [0.717, 1.165) is 13.0 Å². The van der Waals surface area contributed by atoms with Gasteiger partial charge in [-0.2, -0.15) is 0 Å². The molecule has 16 heavy (non-hydrogen) atoms. The Morgan fingerprint density at radius 2 is 1.81 bits per heavy atom. The molecule has 3 nitrogen and oxygen atoms in total. The van der Waals surface area contributed by atoms with Gasteiger partial charge < -0.3 is 10.4 Å². The molecule has 1 aliphatic rings. The van der Waals surface area contributed by atoms with E-state index in [4.69, 9.17) is 5.11 Å². The van der Waals surface area contributed by atoms with E-state index in [1.54, 1.807) is 0 Å². The fraction of sp³-hybridized carbons (Fsp3) is 0.923. The van der Waals surface area contributed by atoms with Crippen molar-refractivity contribution in [2.24, 2.45) is 16.7 Å². The van der Waals surface area contributed by atoms with Gasteiger partial charge in [0, 0.05) is 0 Å². The number of carboxylic acids is 1. The van der Waals surface area contributed by atoms with Crippen molar-refractivity contribution in [1.29, 1.82) is 0 Å². The summed E-state index contributed by atoms with van der Waals surface area (Å²) in [5.74, 6) is -0.142. The number of hydrogen-bond donors (Lipinski definition) is 2. The lowest BCUT2D eigenvalue weighted by atomic mass is 10.0. The van der Waals surface area contributed by atoms with E-state index < -0.39 is 5.97 Å². The van der Waals surface area contributed by atoms with Crippen LogP contribution in [0.4, 0.5) is 0 Å². The molecule has 94 valence electrons. The first kappa shape index (κ1) is 13.5. The van der Waals surface area contributed by atoms with Crippen LogP contribution in [0.2, 0.25) is 0 Å². The molecule has 0 bridgehead atoms. The average Bonchev–Trinajstić information content (AvgIpc) is 2.52. The van der Waals surface area contributed by atoms with Gasteiger partial charge in [0.05, 0.1) is 0 Å². The van der Waals surface area contributed by atoms with Crippen molar-refractivity contribution in [1.82, 2.24) is 5.32 Å². The predicted octanol–water partition coefficient (Wildman–Crippen LogP) is 2.51. The van der Waals surface area contributed by atoms with Gasteiger partial charge in [-0.15, -0.1) is 0 Å². The lowest BCUT2D eigenvalue weighted by Gasteiger charge is -2.14. The summed E-state index contributed by atoms with van der Waals surface area (Å²) in [5, 5.41) is 12.2. The molecular weight excluding hydrogens is 202 g/mol. The highest BCUT2D eigenvalue weighted by atomic mass is 16.4. The molecule has 2 N–H and O–H groups in total. The van der Waals surface area contributed by atoms with Crippen LogP contribution in [0.1, 0.15) is 47.5 Å². The van der Waals surface area contributed by atoms with Crippen molar-refractivity contribution in [2.75, 3.05) is 6.54 Å². The van der Waals surface area contributed by atoms with Crippen molar-refractivity contribution in [3.05, 3.63) is 0 Å². The Bertz CT molecular complexity index is 257. The summed E-state index contributed by atoms with van der Waals surface area (Å²) < 4.78 is 0. The third kappa shape index (κ3) is 2.24. The highest BCUT2D eigenvalue weighted by Gasteiger charge is 2.63. The zero-order valence-electron chi connectivity index (χ0n) is 11.1. The highest BCUT2D eigenvalue weighted by Crippen LogP contribution is 2.67. The summed E-state index contributed by atoms with van der Waals surface area (Å²) in [7, 11) is 0. The fourth-order valence-electron chi connectivity index (χ4n) is 2.71. The van der Waals surface area contributed by atoms with Crippen LogP contribution in [0.25, 0.3) is 0 Å². The Hall–Kier alpha value is -0.570. The summed E-state index contributed by atoms with van der Waals surface area (Å²) in [5.41, 5.74) is 0.657. The summed E-state index contributed by atoms with van der Waals surface area (Å²) >= 11 is 0. The van der Waals surface area contributed by atoms with Crippen LogP contribution in [-0.4, -0.2) is 23.7 Å². The van der Waals surface area contributed by atoms with E-state index in [-0.39, 0.29) is 6.04 Å². The molecule has 0 spiro atoms. The van der Waals surface area contributed by atoms with Crippen molar-refractivity contribution in [3.63, 3.8) is 0 Å². The number of carbonyl (C=O) groups is 1. The minimum absolute atomic E-state index is 0.329. The quantitative estimate of drug-likeness (QED) is 0.733. The monoisotopic (exact) mass is 227 g/mol. The Morgan fingerprint density at radius 3 is 2.12 bits per heavy atom. The molecule has 0 amide bonds. The number of aliphatic carboxylic acids is 1. The lowest BCUT2D eigenvalue weighted by molar-refractivity contribution is -0.139. The maximum absolute atomic E-state index is 11.0. The molecule has 0 aromatic heterocycles. The second-order valence-electron chi connectivity index (χ2n) is 6.08. The molecule has 0 heterocycles. The fourth-order valence-corrected chi connectivity index (χ4v) is 2.71. The third-order valence-electron chi connectivity index (χ3n) is 4.76. The zero-order valence-corrected chi connectivity index (χ0v) is 11.1. The summed E-state index contributed by atoms with van der Waals surface area (Å²) in [4.78, 5) is 11.0. The van der Waals surface area contributed by atoms with Crippen LogP contribution in [0.3, 0.4) is 0 Å². The second-order valence-corrected chi connectivity index (χ2v) is 6.08. The van der Waals surface area contributed by atoms with Gasteiger partial charge in [0.15, 0.2) is 0 Å². The molecule has 1 atom stereocenters. The molecule has 0 radical (unpaired) electrons.